The quantitative estimate of drug-likeness (QED) is 0.857. The number of benzene rings is 1. The van der Waals surface area contributed by atoms with Crippen LogP contribution in [0.1, 0.15) is 24.9 Å². The number of carbonyl (C=O) groups is 1. The minimum atomic E-state index is -0.422. The third-order valence-corrected chi connectivity index (χ3v) is 2.08. The summed E-state index contributed by atoms with van der Waals surface area (Å²) in [5.74, 6) is -0.115. The number of anilines is 1. The normalized spacial score (nSPS) is 11.4. The summed E-state index contributed by atoms with van der Waals surface area (Å²) in [7, 11) is 0. The topological polar surface area (TPSA) is 55.1 Å². The number of alkyl halides is 1. The number of nitrogens with two attached hydrogens (primary N) is 1. The predicted octanol–water partition coefficient (Wildman–Crippen LogP) is 2.43. The number of rotatable bonds is 4. The maximum Gasteiger partial charge on any atom is 0.221 e. The van der Waals surface area contributed by atoms with Crippen LogP contribution in [0.2, 0.25) is 0 Å². The zero-order valence-electron chi connectivity index (χ0n) is 9.07. The number of hydrogen-bond donors (Lipinski definition) is 2. The van der Waals surface area contributed by atoms with Crippen LogP contribution < -0.4 is 11.1 Å². The fourth-order valence-electron chi connectivity index (χ4n) is 1.30. The van der Waals surface area contributed by atoms with E-state index >= 15 is 0 Å². The zero-order chi connectivity index (χ0) is 11.3. The molecule has 0 aromatic heterocycles. The summed E-state index contributed by atoms with van der Waals surface area (Å²) in [6, 6.07) is 6.84. The van der Waals surface area contributed by atoms with Crippen LogP contribution in [-0.4, -0.2) is 12.6 Å². The molecule has 0 radical (unpaired) electrons. The molecule has 90 valence electrons. The minimum Gasteiger partial charge on any atom is -0.326 e. The van der Waals surface area contributed by atoms with Crippen molar-refractivity contribution < 1.29 is 9.18 Å². The smallest absolute Gasteiger partial charge is 0.221 e. The zero-order valence-corrected chi connectivity index (χ0v) is 9.89. The van der Waals surface area contributed by atoms with E-state index in [-0.39, 0.29) is 24.4 Å². The van der Waals surface area contributed by atoms with Gasteiger partial charge in [0.1, 0.15) is 0 Å². The third kappa shape index (κ3) is 4.59. The highest BCUT2D eigenvalue weighted by Crippen LogP contribution is 2.17. The number of nitrogens with one attached hydrogen (secondary N) is 1. The maximum atomic E-state index is 12.0. The van der Waals surface area contributed by atoms with E-state index in [4.69, 9.17) is 5.73 Å². The van der Waals surface area contributed by atoms with Crippen LogP contribution in [0, 0.1) is 0 Å². The minimum absolute atomic E-state index is 0. The van der Waals surface area contributed by atoms with Crippen molar-refractivity contribution in [1.29, 1.82) is 0 Å². The van der Waals surface area contributed by atoms with Gasteiger partial charge in [-0.1, -0.05) is 12.1 Å². The third-order valence-electron chi connectivity index (χ3n) is 2.08. The summed E-state index contributed by atoms with van der Waals surface area (Å²) in [4.78, 5) is 10.7. The number of hydrogen-bond acceptors (Lipinski definition) is 2. The Balaban J connectivity index is 0.00000225. The Morgan fingerprint density at radius 2 is 2.00 bits per heavy atom. The molecule has 3 nitrogen and oxygen atoms in total. The molecule has 0 fully saturated rings. The van der Waals surface area contributed by atoms with Crippen LogP contribution in [0.5, 0.6) is 0 Å². The summed E-state index contributed by atoms with van der Waals surface area (Å²) in [6.07, 6.45) is 0.319. The first-order valence-corrected chi connectivity index (χ1v) is 4.82. The largest absolute Gasteiger partial charge is 0.326 e. The summed E-state index contributed by atoms with van der Waals surface area (Å²) in [5.41, 5.74) is 7.33. The molecule has 1 aromatic carbocycles. The van der Waals surface area contributed by atoms with Crippen LogP contribution in [-0.2, 0) is 4.79 Å². The number of halogens is 2. The molecule has 0 aliphatic rings. The number of carbonyl (C=O) groups excluding carboxylic acids is 1. The first-order valence-electron chi connectivity index (χ1n) is 4.82. The van der Waals surface area contributed by atoms with E-state index in [2.05, 4.69) is 5.32 Å². The lowest BCUT2D eigenvalue weighted by Crippen LogP contribution is -2.11. The maximum absolute atomic E-state index is 12.0. The predicted molar refractivity (Wildman–Crippen MR) is 65.5 cm³/mol. The average molecular weight is 247 g/mol. The second-order valence-electron chi connectivity index (χ2n) is 3.39. The molecule has 0 bridgehead atoms. The van der Waals surface area contributed by atoms with E-state index in [0.717, 1.165) is 11.3 Å². The molecule has 16 heavy (non-hydrogen) atoms. The molecular formula is C11H16ClFN2O. The van der Waals surface area contributed by atoms with Gasteiger partial charge in [-0.2, -0.15) is 0 Å². The van der Waals surface area contributed by atoms with Gasteiger partial charge in [0.15, 0.2) is 0 Å². The number of amides is 1. The monoisotopic (exact) mass is 246 g/mol. The molecule has 5 heteroatoms. The van der Waals surface area contributed by atoms with Gasteiger partial charge < -0.3 is 11.1 Å². The summed E-state index contributed by atoms with van der Waals surface area (Å²) in [6.45, 7) is 1.03. The Labute approximate surface area is 101 Å². The molecule has 0 aliphatic carbocycles. The van der Waals surface area contributed by atoms with E-state index in [1.54, 1.807) is 24.3 Å². The highest BCUT2D eigenvalue weighted by molar-refractivity contribution is 5.88. The van der Waals surface area contributed by atoms with Crippen molar-refractivity contribution in [3.05, 3.63) is 29.8 Å². The van der Waals surface area contributed by atoms with Gasteiger partial charge in [-0.15, -0.1) is 12.4 Å². The van der Waals surface area contributed by atoms with E-state index in [0.29, 0.717) is 6.42 Å². The lowest BCUT2D eigenvalue weighted by atomic mass is 10.1. The van der Waals surface area contributed by atoms with E-state index in [1.807, 2.05) is 0 Å². The van der Waals surface area contributed by atoms with Crippen LogP contribution in [0.15, 0.2) is 24.3 Å². The highest BCUT2D eigenvalue weighted by atomic mass is 35.5. The first kappa shape index (κ1) is 14.9. The van der Waals surface area contributed by atoms with E-state index in [9.17, 15) is 9.18 Å². The molecule has 0 aliphatic heterocycles. The second kappa shape index (κ2) is 7.19. The highest BCUT2D eigenvalue weighted by Gasteiger charge is 2.05. The molecule has 3 N–H and O–H groups in total. The molecule has 0 saturated carbocycles. The summed E-state index contributed by atoms with van der Waals surface area (Å²) < 4.78 is 12.0. The van der Waals surface area contributed by atoms with Gasteiger partial charge in [0.2, 0.25) is 5.91 Å². The lowest BCUT2D eigenvalue weighted by molar-refractivity contribution is -0.114. The Kier molecular flexibility index (Phi) is 6.69. The summed E-state index contributed by atoms with van der Waals surface area (Å²) in [5, 5.41) is 2.65. The Morgan fingerprint density at radius 1 is 1.44 bits per heavy atom. The second-order valence-corrected chi connectivity index (χ2v) is 3.39. The van der Waals surface area contributed by atoms with Gasteiger partial charge in [-0.3, -0.25) is 9.18 Å². The molecule has 0 unspecified atom stereocenters. The van der Waals surface area contributed by atoms with Crippen LogP contribution in [0.3, 0.4) is 0 Å². The van der Waals surface area contributed by atoms with Crippen molar-refractivity contribution in [2.75, 3.05) is 12.0 Å². The van der Waals surface area contributed by atoms with Crippen molar-refractivity contribution in [3.8, 4) is 0 Å². The molecule has 1 amide bonds. The first-order chi connectivity index (χ1) is 7.13. The fourth-order valence-corrected chi connectivity index (χ4v) is 1.30. The van der Waals surface area contributed by atoms with Crippen LogP contribution >= 0.6 is 12.4 Å². The van der Waals surface area contributed by atoms with E-state index in [1.165, 1.54) is 6.92 Å². The fraction of sp³-hybridized carbons (Fsp3) is 0.364. The van der Waals surface area contributed by atoms with Crippen LogP contribution in [0.4, 0.5) is 10.1 Å². The molecule has 0 heterocycles. The van der Waals surface area contributed by atoms with E-state index < -0.39 is 6.67 Å². The Hall–Kier alpha value is -1.13. The van der Waals surface area contributed by atoms with Crippen molar-refractivity contribution in [1.82, 2.24) is 0 Å². The lowest BCUT2D eigenvalue weighted by Gasteiger charge is -2.10. The Bertz CT molecular complexity index is 329. The average Bonchev–Trinajstić information content (AvgIpc) is 2.18. The van der Waals surface area contributed by atoms with Crippen molar-refractivity contribution >= 4 is 24.0 Å². The standard InChI is InChI=1S/C11H15FN2O.ClH/c1-8(15)14-10-4-2-9(3-5-10)11(13)6-7-12;/h2-5,11H,6-7,13H2,1H3,(H,14,15);1H/t11-;/m0./s1. The van der Waals surface area contributed by atoms with Crippen molar-refractivity contribution in [2.45, 2.75) is 19.4 Å². The molecular weight excluding hydrogens is 231 g/mol. The molecule has 1 aromatic rings. The molecule has 0 spiro atoms. The SMILES string of the molecule is CC(=O)Nc1ccc([C@@H](N)CCF)cc1.Cl. The van der Waals surface area contributed by atoms with Gasteiger partial charge in [0, 0.05) is 18.7 Å². The molecule has 0 saturated heterocycles. The van der Waals surface area contributed by atoms with Gasteiger partial charge in [0.05, 0.1) is 6.67 Å². The van der Waals surface area contributed by atoms with Gasteiger partial charge >= 0.3 is 0 Å². The van der Waals surface area contributed by atoms with Gasteiger partial charge in [0.25, 0.3) is 0 Å². The van der Waals surface area contributed by atoms with Crippen molar-refractivity contribution in [2.24, 2.45) is 5.73 Å². The molecule has 1 rings (SSSR count). The summed E-state index contributed by atoms with van der Waals surface area (Å²) >= 11 is 0. The van der Waals surface area contributed by atoms with Crippen molar-refractivity contribution in [3.63, 3.8) is 0 Å². The van der Waals surface area contributed by atoms with Gasteiger partial charge in [-0.25, -0.2) is 0 Å². The van der Waals surface area contributed by atoms with Gasteiger partial charge in [-0.05, 0) is 24.1 Å². The van der Waals surface area contributed by atoms with Crippen LogP contribution in [0.25, 0.3) is 0 Å². The molecule has 1 atom stereocenters. The Morgan fingerprint density at radius 3 is 2.44 bits per heavy atom.